The standard InChI is InChI=1S/C30H23N3OS/c1-19-7-6-10-27-30(19)32-25-17-26-24(16-28(25)35-27)20(2)15-29(34)33(26)23-13-11-22(12-14-23)31-18-21-8-4-3-5-9-21/h3-18,32H,1-2H3. The molecule has 4 nitrogen and oxygen atoms in total. The van der Waals surface area contributed by atoms with Crippen molar-refractivity contribution in [3.8, 4) is 5.69 Å². The Balaban J connectivity index is 1.43. The number of para-hydroxylation sites is 1. The largest absolute Gasteiger partial charge is 0.353 e. The number of nitrogens with one attached hydrogen (secondary N) is 1. The lowest BCUT2D eigenvalue weighted by Crippen LogP contribution is -2.18. The van der Waals surface area contributed by atoms with E-state index in [0.717, 1.165) is 49.7 Å². The van der Waals surface area contributed by atoms with Gasteiger partial charge in [0, 0.05) is 33.1 Å². The molecule has 1 aliphatic rings. The minimum absolute atomic E-state index is 0.0458. The van der Waals surface area contributed by atoms with Crippen molar-refractivity contribution in [3.05, 3.63) is 118 Å². The molecule has 0 fully saturated rings. The van der Waals surface area contributed by atoms with Gasteiger partial charge in [0.2, 0.25) is 0 Å². The molecule has 6 rings (SSSR count). The van der Waals surface area contributed by atoms with Crippen LogP contribution in [0.25, 0.3) is 16.6 Å². The van der Waals surface area contributed by atoms with E-state index in [1.807, 2.05) is 67.7 Å². The monoisotopic (exact) mass is 473 g/mol. The van der Waals surface area contributed by atoms with Gasteiger partial charge in [0.1, 0.15) is 0 Å². The molecule has 0 saturated carbocycles. The molecule has 4 aromatic carbocycles. The summed E-state index contributed by atoms with van der Waals surface area (Å²) in [6.07, 6.45) is 1.85. The van der Waals surface area contributed by atoms with Crippen LogP contribution in [0.1, 0.15) is 16.7 Å². The number of anilines is 2. The van der Waals surface area contributed by atoms with E-state index in [1.165, 1.54) is 10.5 Å². The zero-order valence-corrected chi connectivity index (χ0v) is 20.3. The molecule has 1 aliphatic heterocycles. The van der Waals surface area contributed by atoms with Gasteiger partial charge in [-0.05, 0) is 73.0 Å². The van der Waals surface area contributed by atoms with Gasteiger partial charge in [0.25, 0.3) is 5.56 Å². The minimum Gasteiger partial charge on any atom is -0.353 e. The summed E-state index contributed by atoms with van der Waals surface area (Å²) in [5, 5.41) is 4.67. The van der Waals surface area contributed by atoms with Crippen LogP contribution in [-0.4, -0.2) is 10.8 Å². The van der Waals surface area contributed by atoms with E-state index >= 15 is 0 Å². The average Bonchev–Trinajstić information content (AvgIpc) is 2.87. The first-order chi connectivity index (χ1) is 17.1. The molecule has 5 heteroatoms. The number of nitrogens with zero attached hydrogens (tertiary/aromatic N) is 2. The highest BCUT2D eigenvalue weighted by atomic mass is 32.2. The zero-order chi connectivity index (χ0) is 23.9. The van der Waals surface area contributed by atoms with Gasteiger partial charge >= 0.3 is 0 Å². The Labute approximate surface area is 208 Å². The van der Waals surface area contributed by atoms with Crippen molar-refractivity contribution in [2.24, 2.45) is 4.99 Å². The molecule has 0 amide bonds. The number of benzene rings is 4. The third-order valence-electron chi connectivity index (χ3n) is 6.31. The summed E-state index contributed by atoms with van der Waals surface area (Å²) >= 11 is 1.77. The lowest BCUT2D eigenvalue weighted by atomic mass is 10.1. The summed E-state index contributed by atoms with van der Waals surface area (Å²) in [7, 11) is 0. The van der Waals surface area contributed by atoms with Crippen molar-refractivity contribution in [2.75, 3.05) is 5.32 Å². The number of hydrogen-bond acceptors (Lipinski definition) is 4. The van der Waals surface area contributed by atoms with Crippen LogP contribution in [0.15, 0.2) is 111 Å². The second kappa shape index (κ2) is 8.60. The summed E-state index contributed by atoms with van der Waals surface area (Å²) in [5.74, 6) is 0. The fraction of sp³-hybridized carbons (Fsp3) is 0.0667. The molecule has 0 aliphatic carbocycles. The smallest absolute Gasteiger partial charge is 0.255 e. The normalized spacial score (nSPS) is 12.4. The topological polar surface area (TPSA) is 46.4 Å². The Morgan fingerprint density at radius 2 is 1.63 bits per heavy atom. The number of aliphatic imine (C=N–C) groups is 1. The van der Waals surface area contributed by atoms with Crippen LogP contribution in [0.5, 0.6) is 0 Å². The highest BCUT2D eigenvalue weighted by Gasteiger charge is 2.20. The van der Waals surface area contributed by atoms with Crippen LogP contribution in [0.2, 0.25) is 0 Å². The van der Waals surface area contributed by atoms with Gasteiger partial charge in [0.15, 0.2) is 0 Å². The number of hydrogen-bond donors (Lipinski definition) is 1. The van der Waals surface area contributed by atoms with E-state index in [-0.39, 0.29) is 5.56 Å². The van der Waals surface area contributed by atoms with Crippen molar-refractivity contribution >= 4 is 45.9 Å². The molecular weight excluding hydrogens is 450 g/mol. The van der Waals surface area contributed by atoms with Gasteiger partial charge < -0.3 is 5.32 Å². The molecular formula is C30H23N3OS. The molecule has 0 unspecified atom stereocenters. The quantitative estimate of drug-likeness (QED) is 0.270. The SMILES string of the molecule is Cc1cccc2c1Nc1cc3c(cc1S2)c(C)cc(=O)n3-c1ccc(N=Cc2ccccc2)cc1. The van der Waals surface area contributed by atoms with Crippen LogP contribution < -0.4 is 10.9 Å². The Morgan fingerprint density at radius 3 is 2.43 bits per heavy atom. The van der Waals surface area contributed by atoms with E-state index in [4.69, 9.17) is 0 Å². The Kier molecular flexibility index (Phi) is 5.27. The van der Waals surface area contributed by atoms with E-state index in [9.17, 15) is 4.79 Å². The zero-order valence-electron chi connectivity index (χ0n) is 19.4. The van der Waals surface area contributed by atoms with Crippen LogP contribution in [0, 0.1) is 13.8 Å². The van der Waals surface area contributed by atoms with Gasteiger partial charge in [-0.25, -0.2) is 0 Å². The lowest BCUT2D eigenvalue weighted by Gasteiger charge is -2.24. The molecule has 5 aromatic rings. The van der Waals surface area contributed by atoms with Gasteiger partial charge in [-0.3, -0.25) is 14.4 Å². The van der Waals surface area contributed by atoms with Crippen molar-refractivity contribution in [2.45, 2.75) is 23.6 Å². The summed E-state index contributed by atoms with van der Waals surface area (Å²) in [6, 6.07) is 30.1. The number of aromatic nitrogens is 1. The molecule has 1 N–H and O–H groups in total. The van der Waals surface area contributed by atoms with Gasteiger partial charge in [-0.2, -0.15) is 0 Å². The maximum absolute atomic E-state index is 13.2. The molecule has 1 aromatic heterocycles. The van der Waals surface area contributed by atoms with Gasteiger partial charge in [0.05, 0.1) is 22.6 Å². The first kappa shape index (κ1) is 21.4. The second-order valence-electron chi connectivity index (χ2n) is 8.73. The predicted molar refractivity (Wildman–Crippen MR) is 147 cm³/mol. The molecule has 0 radical (unpaired) electrons. The highest BCUT2D eigenvalue weighted by Crippen LogP contribution is 2.47. The van der Waals surface area contributed by atoms with E-state index in [2.05, 4.69) is 47.6 Å². The van der Waals surface area contributed by atoms with Crippen molar-refractivity contribution < 1.29 is 0 Å². The third kappa shape index (κ3) is 3.94. The predicted octanol–water partition coefficient (Wildman–Crippen LogP) is 7.57. The van der Waals surface area contributed by atoms with E-state index in [1.54, 1.807) is 22.4 Å². The summed E-state index contributed by atoms with van der Waals surface area (Å²) in [6.45, 7) is 4.11. The van der Waals surface area contributed by atoms with Gasteiger partial charge in [-0.1, -0.05) is 54.2 Å². The number of aryl methyl sites for hydroxylation is 2. The fourth-order valence-electron chi connectivity index (χ4n) is 4.48. The van der Waals surface area contributed by atoms with Crippen molar-refractivity contribution in [1.29, 1.82) is 0 Å². The summed E-state index contributed by atoms with van der Waals surface area (Å²) in [5.41, 5.74) is 7.87. The molecule has 0 saturated heterocycles. The fourth-order valence-corrected chi connectivity index (χ4v) is 5.57. The molecule has 0 atom stereocenters. The molecule has 2 heterocycles. The first-order valence-corrected chi connectivity index (χ1v) is 12.3. The Bertz CT molecular complexity index is 1670. The van der Waals surface area contributed by atoms with Crippen LogP contribution in [0.4, 0.5) is 17.1 Å². The third-order valence-corrected chi connectivity index (χ3v) is 7.43. The van der Waals surface area contributed by atoms with Gasteiger partial charge in [-0.15, -0.1) is 0 Å². The van der Waals surface area contributed by atoms with Crippen LogP contribution in [0.3, 0.4) is 0 Å². The average molecular weight is 474 g/mol. The molecule has 0 bridgehead atoms. The first-order valence-electron chi connectivity index (χ1n) is 11.5. The summed E-state index contributed by atoms with van der Waals surface area (Å²) < 4.78 is 1.78. The lowest BCUT2D eigenvalue weighted by molar-refractivity contribution is 1.03. The maximum atomic E-state index is 13.2. The maximum Gasteiger partial charge on any atom is 0.255 e. The van der Waals surface area contributed by atoms with E-state index < -0.39 is 0 Å². The van der Waals surface area contributed by atoms with E-state index in [0.29, 0.717) is 0 Å². The number of fused-ring (bicyclic) bond motifs is 3. The Morgan fingerprint density at radius 1 is 0.829 bits per heavy atom. The van der Waals surface area contributed by atoms with Crippen molar-refractivity contribution in [1.82, 2.24) is 4.57 Å². The summed E-state index contributed by atoms with van der Waals surface area (Å²) in [4.78, 5) is 20.1. The van der Waals surface area contributed by atoms with Crippen LogP contribution >= 0.6 is 11.8 Å². The number of pyridine rings is 1. The molecule has 35 heavy (non-hydrogen) atoms. The second-order valence-corrected chi connectivity index (χ2v) is 9.81. The minimum atomic E-state index is -0.0458. The molecule has 170 valence electrons. The van der Waals surface area contributed by atoms with Crippen molar-refractivity contribution in [3.63, 3.8) is 0 Å². The Hall–Kier alpha value is -4.09. The van der Waals surface area contributed by atoms with Crippen LogP contribution in [-0.2, 0) is 0 Å². The number of rotatable bonds is 3. The highest BCUT2D eigenvalue weighted by molar-refractivity contribution is 7.99. The molecule has 0 spiro atoms.